The molecule has 164 valence electrons. The van der Waals surface area contributed by atoms with E-state index in [4.69, 9.17) is 16.3 Å². The predicted octanol–water partition coefficient (Wildman–Crippen LogP) is 4.11. The van der Waals surface area contributed by atoms with Crippen LogP contribution in [0.2, 0.25) is 5.02 Å². The second-order valence-electron chi connectivity index (χ2n) is 7.72. The molecule has 1 N–H and O–H groups in total. The van der Waals surface area contributed by atoms with Gasteiger partial charge in [0.2, 0.25) is 0 Å². The number of ether oxygens (including phenoxy) is 1. The topological polar surface area (TPSA) is 70.1 Å². The molecular weight excluding hydrogens is 416 g/mol. The van der Waals surface area contributed by atoms with Gasteiger partial charge in [0.1, 0.15) is 11.5 Å². The first-order valence-electron chi connectivity index (χ1n) is 10.2. The minimum absolute atomic E-state index is 0.0771. The van der Waals surface area contributed by atoms with E-state index in [2.05, 4.69) is 0 Å². The van der Waals surface area contributed by atoms with Gasteiger partial charge in [0.05, 0.1) is 18.2 Å². The Labute approximate surface area is 187 Å². The quantitative estimate of drug-likeness (QED) is 0.378. The van der Waals surface area contributed by atoms with Gasteiger partial charge in [-0.05, 0) is 62.5 Å². The van der Waals surface area contributed by atoms with Gasteiger partial charge in [-0.1, -0.05) is 30.7 Å². The number of rotatable bonds is 8. The predicted molar refractivity (Wildman–Crippen MR) is 121 cm³/mol. The molecule has 0 radical (unpaired) electrons. The molecule has 0 aromatic heterocycles. The standard InChI is InChI=1S/C24H27ClN2O4/c1-4-15-31-19-11-7-17(8-12-19)22(28)20-21(16-5-9-18(25)10-6-16)27(14-13-26(2)3)24(30)23(20)29/h5-12,21,28H,4,13-15H2,1-3H3. The largest absolute Gasteiger partial charge is 0.507 e. The van der Waals surface area contributed by atoms with Crippen LogP contribution >= 0.6 is 11.6 Å². The van der Waals surface area contributed by atoms with E-state index in [1.165, 1.54) is 4.90 Å². The van der Waals surface area contributed by atoms with E-state index in [9.17, 15) is 14.7 Å². The minimum Gasteiger partial charge on any atom is -0.507 e. The summed E-state index contributed by atoms with van der Waals surface area (Å²) in [5.74, 6) is -0.833. The normalized spacial score (nSPS) is 18.1. The number of likely N-dealkylation sites (tertiary alicyclic amines) is 1. The summed E-state index contributed by atoms with van der Waals surface area (Å²) in [5.41, 5.74) is 1.24. The van der Waals surface area contributed by atoms with Gasteiger partial charge in [0.15, 0.2) is 0 Å². The molecule has 1 amide bonds. The first kappa shape index (κ1) is 22.8. The molecule has 1 aliphatic heterocycles. The van der Waals surface area contributed by atoms with Crippen molar-refractivity contribution in [3.63, 3.8) is 0 Å². The second-order valence-corrected chi connectivity index (χ2v) is 8.16. The highest BCUT2D eigenvalue weighted by atomic mass is 35.5. The molecule has 0 spiro atoms. The van der Waals surface area contributed by atoms with Gasteiger partial charge >= 0.3 is 0 Å². The highest BCUT2D eigenvalue weighted by molar-refractivity contribution is 6.46. The van der Waals surface area contributed by atoms with Crippen LogP contribution in [0.1, 0.15) is 30.5 Å². The van der Waals surface area contributed by atoms with Crippen molar-refractivity contribution in [2.75, 3.05) is 33.8 Å². The Morgan fingerprint density at radius 1 is 1.10 bits per heavy atom. The third-order valence-corrected chi connectivity index (χ3v) is 5.37. The molecule has 6 nitrogen and oxygen atoms in total. The molecule has 0 bridgehead atoms. The van der Waals surface area contributed by atoms with Crippen LogP contribution in [0, 0.1) is 0 Å². The summed E-state index contributed by atoms with van der Waals surface area (Å²) in [7, 11) is 3.80. The van der Waals surface area contributed by atoms with Crippen molar-refractivity contribution in [1.29, 1.82) is 0 Å². The lowest BCUT2D eigenvalue weighted by molar-refractivity contribution is -0.140. The molecule has 1 atom stereocenters. The smallest absolute Gasteiger partial charge is 0.295 e. The maximum absolute atomic E-state index is 13.0. The Balaban J connectivity index is 2.04. The van der Waals surface area contributed by atoms with E-state index in [1.54, 1.807) is 48.5 Å². The fraction of sp³-hybridized carbons (Fsp3) is 0.333. The van der Waals surface area contributed by atoms with Crippen LogP contribution in [0.4, 0.5) is 0 Å². The number of ketones is 1. The molecular formula is C24H27ClN2O4. The number of halogens is 1. The number of aliphatic hydroxyl groups is 1. The number of aliphatic hydroxyl groups excluding tert-OH is 1. The van der Waals surface area contributed by atoms with Crippen molar-refractivity contribution in [2.24, 2.45) is 0 Å². The summed E-state index contributed by atoms with van der Waals surface area (Å²) in [6.07, 6.45) is 0.888. The van der Waals surface area contributed by atoms with Crippen LogP contribution in [0.5, 0.6) is 5.75 Å². The summed E-state index contributed by atoms with van der Waals surface area (Å²) in [5, 5.41) is 11.6. The van der Waals surface area contributed by atoms with Gasteiger partial charge in [0, 0.05) is 23.7 Å². The van der Waals surface area contributed by atoms with Gasteiger partial charge in [-0.15, -0.1) is 0 Å². The van der Waals surface area contributed by atoms with Crippen molar-refractivity contribution < 1.29 is 19.4 Å². The molecule has 1 aliphatic rings. The van der Waals surface area contributed by atoms with Crippen LogP contribution in [0.3, 0.4) is 0 Å². The molecule has 0 aliphatic carbocycles. The number of likely N-dealkylation sites (N-methyl/N-ethyl adjacent to an activating group) is 1. The summed E-state index contributed by atoms with van der Waals surface area (Å²) < 4.78 is 5.58. The lowest BCUT2D eigenvalue weighted by atomic mass is 9.95. The maximum atomic E-state index is 13.0. The molecule has 7 heteroatoms. The van der Waals surface area contributed by atoms with Crippen molar-refractivity contribution in [3.05, 3.63) is 70.3 Å². The van der Waals surface area contributed by atoms with Crippen LogP contribution in [0.25, 0.3) is 5.76 Å². The fourth-order valence-corrected chi connectivity index (χ4v) is 3.62. The van der Waals surface area contributed by atoms with Gasteiger partial charge in [0.25, 0.3) is 11.7 Å². The van der Waals surface area contributed by atoms with Crippen molar-refractivity contribution in [2.45, 2.75) is 19.4 Å². The fourth-order valence-electron chi connectivity index (χ4n) is 3.49. The summed E-state index contributed by atoms with van der Waals surface area (Å²) >= 11 is 6.03. The molecule has 1 unspecified atom stereocenters. The van der Waals surface area contributed by atoms with Crippen LogP contribution in [0.15, 0.2) is 54.1 Å². The van der Waals surface area contributed by atoms with E-state index in [-0.39, 0.29) is 11.3 Å². The number of hydrogen-bond acceptors (Lipinski definition) is 5. The maximum Gasteiger partial charge on any atom is 0.295 e. The Hall–Kier alpha value is -2.83. The zero-order chi connectivity index (χ0) is 22.5. The molecule has 1 fully saturated rings. The van der Waals surface area contributed by atoms with Crippen LogP contribution < -0.4 is 4.74 Å². The lowest BCUT2D eigenvalue weighted by Gasteiger charge is -2.26. The van der Waals surface area contributed by atoms with Crippen molar-refractivity contribution in [3.8, 4) is 5.75 Å². The number of nitrogens with zero attached hydrogens (tertiary/aromatic N) is 2. The van der Waals surface area contributed by atoms with E-state index >= 15 is 0 Å². The third kappa shape index (κ3) is 5.09. The van der Waals surface area contributed by atoms with Crippen LogP contribution in [-0.4, -0.2) is 60.4 Å². The molecule has 0 saturated carbocycles. The number of carbonyl (C=O) groups is 2. The lowest BCUT2D eigenvalue weighted by Crippen LogP contribution is -2.35. The van der Waals surface area contributed by atoms with E-state index in [0.29, 0.717) is 41.6 Å². The monoisotopic (exact) mass is 442 g/mol. The van der Waals surface area contributed by atoms with Crippen LogP contribution in [-0.2, 0) is 9.59 Å². The molecule has 2 aromatic carbocycles. The number of benzene rings is 2. The van der Waals surface area contributed by atoms with E-state index < -0.39 is 17.7 Å². The van der Waals surface area contributed by atoms with Crippen molar-refractivity contribution in [1.82, 2.24) is 9.80 Å². The highest BCUT2D eigenvalue weighted by Crippen LogP contribution is 2.39. The molecule has 1 saturated heterocycles. The number of hydrogen-bond donors (Lipinski definition) is 1. The Morgan fingerprint density at radius 3 is 2.32 bits per heavy atom. The first-order chi connectivity index (χ1) is 14.8. The van der Waals surface area contributed by atoms with Gasteiger partial charge in [-0.25, -0.2) is 0 Å². The molecule has 3 rings (SSSR count). The zero-order valence-electron chi connectivity index (χ0n) is 18.0. The van der Waals surface area contributed by atoms with E-state index in [1.807, 2.05) is 25.9 Å². The highest BCUT2D eigenvalue weighted by Gasteiger charge is 2.45. The van der Waals surface area contributed by atoms with Gasteiger partial charge in [-0.2, -0.15) is 0 Å². The second kappa shape index (κ2) is 9.98. The summed E-state index contributed by atoms with van der Waals surface area (Å²) in [6.45, 7) is 3.55. The average Bonchev–Trinajstić information content (AvgIpc) is 3.01. The van der Waals surface area contributed by atoms with Gasteiger partial charge < -0.3 is 19.6 Å². The Kier molecular flexibility index (Phi) is 7.36. The molecule has 31 heavy (non-hydrogen) atoms. The Bertz CT molecular complexity index is 968. The van der Waals surface area contributed by atoms with E-state index in [0.717, 1.165) is 6.42 Å². The van der Waals surface area contributed by atoms with Crippen molar-refractivity contribution >= 4 is 29.1 Å². The minimum atomic E-state index is -0.692. The SMILES string of the molecule is CCCOc1ccc(C(O)=C2C(=O)C(=O)N(CCN(C)C)C2c2ccc(Cl)cc2)cc1. The summed E-state index contributed by atoms with van der Waals surface area (Å²) in [6, 6.07) is 13.1. The number of carbonyl (C=O) groups excluding carboxylic acids is 2. The average molecular weight is 443 g/mol. The third-order valence-electron chi connectivity index (χ3n) is 5.11. The van der Waals surface area contributed by atoms with Gasteiger partial charge in [-0.3, -0.25) is 9.59 Å². The molecule has 2 aromatic rings. The molecule has 1 heterocycles. The number of amides is 1. The Morgan fingerprint density at radius 2 is 1.74 bits per heavy atom. The number of Topliss-reactive ketones (excluding diaryl/α,β-unsaturated/α-hetero) is 1. The zero-order valence-corrected chi connectivity index (χ0v) is 18.7. The first-order valence-corrected chi connectivity index (χ1v) is 10.6. The summed E-state index contributed by atoms with van der Waals surface area (Å²) in [4.78, 5) is 29.3.